The molecule has 0 aromatic rings. The lowest BCUT2D eigenvalue weighted by atomic mass is 9.64. The highest BCUT2D eigenvalue weighted by molar-refractivity contribution is 4.95. The lowest BCUT2D eigenvalue weighted by Crippen LogP contribution is -2.35. The van der Waals surface area contributed by atoms with Crippen molar-refractivity contribution < 1.29 is 0 Å². The number of nitrogens with zero attached hydrogens (tertiary/aromatic N) is 2. The van der Waals surface area contributed by atoms with E-state index in [0.29, 0.717) is 10.8 Å². The summed E-state index contributed by atoms with van der Waals surface area (Å²) in [4.78, 5) is 5.04. The van der Waals surface area contributed by atoms with Crippen molar-refractivity contribution in [3.63, 3.8) is 0 Å². The summed E-state index contributed by atoms with van der Waals surface area (Å²) >= 11 is 0. The Labute approximate surface area is 126 Å². The lowest BCUT2D eigenvalue weighted by molar-refractivity contribution is 0.0912. The maximum Gasteiger partial charge on any atom is 0.00385 e. The fraction of sp³-hybridized carbons (Fsp3) is 1.00. The van der Waals surface area contributed by atoms with E-state index in [1.165, 1.54) is 64.7 Å². The van der Waals surface area contributed by atoms with Gasteiger partial charge in [-0.2, -0.15) is 0 Å². The van der Waals surface area contributed by atoms with Crippen LogP contribution in [0.1, 0.15) is 59.3 Å². The molecule has 1 aliphatic carbocycles. The molecule has 1 saturated carbocycles. The molecule has 0 bridgehead atoms. The summed E-state index contributed by atoms with van der Waals surface area (Å²) in [6.45, 7) is 12.6. The molecule has 0 atom stereocenters. The number of hydrogen-bond acceptors (Lipinski definition) is 2. The van der Waals surface area contributed by atoms with E-state index in [2.05, 4.69) is 44.7 Å². The van der Waals surface area contributed by atoms with Gasteiger partial charge in [-0.25, -0.2) is 0 Å². The maximum atomic E-state index is 2.74. The molecule has 1 aliphatic heterocycles. The highest BCUT2D eigenvalue weighted by Gasteiger charge is 2.42. The summed E-state index contributed by atoms with van der Waals surface area (Å²) in [6.07, 6.45) is 8.70. The monoisotopic (exact) mass is 280 g/mol. The molecule has 0 radical (unpaired) electrons. The molecule has 20 heavy (non-hydrogen) atoms. The van der Waals surface area contributed by atoms with E-state index in [1.54, 1.807) is 0 Å². The van der Waals surface area contributed by atoms with E-state index in [1.807, 2.05) is 0 Å². The highest BCUT2D eigenvalue weighted by Crippen LogP contribution is 2.49. The van der Waals surface area contributed by atoms with Crippen LogP contribution in [0, 0.1) is 16.7 Å². The first-order valence-electron chi connectivity index (χ1n) is 8.68. The van der Waals surface area contributed by atoms with Gasteiger partial charge in [0.15, 0.2) is 0 Å². The zero-order valence-electron chi connectivity index (χ0n) is 14.5. The Kier molecular flexibility index (Phi) is 5.18. The second-order valence-corrected chi connectivity index (χ2v) is 8.82. The van der Waals surface area contributed by atoms with Crippen LogP contribution in [0.25, 0.3) is 0 Å². The van der Waals surface area contributed by atoms with Crippen LogP contribution in [-0.2, 0) is 0 Å². The van der Waals surface area contributed by atoms with Crippen molar-refractivity contribution in [2.75, 3.05) is 40.3 Å². The van der Waals surface area contributed by atoms with Gasteiger partial charge >= 0.3 is 0 Å². The maximum absolute atomic E-state index is 2.74. The molecule has 118 valence electrons. The predicted octanol–water partition coefficient (Wildman–Crippen LogP) is 3.87. The molecular weight excluding hydrogens is 244 g/mol. The van der Waals surface area contributed by atoms with Gasteiger partial charge in [0.2, 0.25) is 0 Å². The molecule has 1 spiro atoms. The zero-order valence-corrected chi connectivity index (χ0v) is 14.5. The molecule has 2 heteroatoms. The Bertz CT molecular complexity index is 295. The lowest BCUT2D eigenvalue weighted by Gasteiger charge is -2.42. The van der Waals surface area contributed by atoms with Gasteiger partial charge < -0.3 is 9.80 Å². The van der Waals surface area contributed by atoms with Gasteiger partial charge in [-0.3, -0.25) is 0 Å². The first kappa shape index (κ1) is 16.3. The molecule has 0 unspecified atom stereocenters. The van der Waals surface area contributed by atoms with Gasteiger partial charge in [-0.15, -0.1) is 0 Å². The molecule has 0 aromatic carbocycles. The van der Waals surface area contributed by atoms with Crippen LogP contribution in [-0.4, -0.2) is 50.1 Å². The standard InChI is InChI=1S/C18H36N2/c1-17(2,3)16-7-9-18(10-8-16)11-14-20(15-18)13-6-12-19(4)5/h16H,6-15H2,1-5H3. The van der Waals surface area contributed by atoms with Gasteiger partial charge in [0.25, 0.3) is 0 Å². The van der Waals surface area contributed by atoms with E-state index < -0.39 is 0 Å². The highest BCUT2D eigenvalue weighted by atomic mass is 15.2. The minimum atomic E-state index is 0.519. The summed E-state index contributed by atoms with van der Waals surface area (Å²) in [5.41, 5.74) is 1.21. The normalized spacial score (nSPS) is 32.4. The molecule has 2 nitrogen and oxygen atoms in total. The molecule has 1 heterocycles. The Hall–Kier alpha value is -0.0800. The Morgan fingerprint density at radius 2 is 1.75 bits per heavy atom. The quantitative estimate of drug-likeness (QED) is 0.771. The Morgan fingerprint density at radius 1 is 1.10 bits per heavy atom. The van der Waals surface area contributed by atoms with E-state index in [-0.39, 0.29) is 0 Å². The van der Waals surface area contributed by atoms with Crippen molar-refractivity contribution in [2.24, 2.45) is 16.7 Å². The molecule has 1 saturated heterocycles. The van der Waals surface area contributed by atoms with Gasteiger partial charge in [0.05, 0.1) is 0 Å². The van der Waals surface area contributed by atoms with Crippen molar-refractivity contribution in [1.29, 1.82) is 0 Å². The van der Waals surface area contributed by atoms with E-state index in [9.17, 15) is 0 Å². The van der Waals surface area contributed by atoms with Gasteiger partial charge in [-0.05, 0) is 89.0 Å². The van der Waals surface area contributed by atoms with Gasteiger partial charge in [0.1, 0.15) is 0 Å². The van der Waals surface area contributed by atoms with Crippen LogP contribution in [0.15, 0.2) is 0 Å². The van der Waals surface area contributed by atoms with Crippen LogP contribution in [0.3, 0.4) is 0 Å². The predicted molar refractivity (Wildman–Crippen MR) is 88.1 cm³/mol. The third-order valence-electron chi connectivity index (χ3n) is 5.87. The molecule has 2 rings (SSSR count). The first-order valence-corrected chi connectivity index (χ1v) is 8.68. The third-order valence-corrected chi connectivity index (χ3v) is 5.87. The molecule has 2 aliphatic rings. The SMILES string of the molecule is CN(C)CCCN1CCC2(CCC(C(C)(C)C)CC2)C1. The van der Waals surface area contributed by atoms with Crippen molar-refractivity contribution in [3.8, 4) is 0 Å². The van der Waals surface area contributed by atoms with Crippen molar-refractivity contribution in [1.82, 2.24) is 9.80 Å². The van der Waals surface area contributed by atoms with Crippen LogP contribution in [0.2, 0.25) is 0 Å². The smallest absolute Gasteiger partial charge is 0.00385 e. The molecule has 0 N–H and O–H groups in total. The van der Waals surface area contributed by atoms with Gasteiger partial charge in [-0.1, -0.05) is 20.8 Å². The topological polar surface area (TPSA) is 6.48 Å². The van der Waals surface area contributed by atoms with Crippen LogP contribution in [0.4, 0.5) is 0 Å². The Morgan fingerprint density at radius 3 is 2.30 bits per heavy atom. The first-order chi connectivity index (χ1) is 9.31. The average molecular weight is 280 g/mol. The minimum absolute atomic E-state index is 0.519. The molecule has 0 aromatic heterocycles. The Balaban J connectivity index is 1.75. The fourth-order valence-corrected chi connectivity index (χ4v) is 4.33. The number of rotatable bonds is 4. The third kappa shape index (κ3) is 4.21. The number of likely N-dealkylation sites (tertiary alicyclic amines) is 1. The zero-order chi connectivity index (χ0) is 14.8. The summed E-state index contributed by atoms with van der Waals surface area (Å²) in [7, 11) is 4.36. The second kappa shape index (κ2) is 6.36. The minimum Gasteiger partial charge on any atom is -0.309 e. The van der Waals surface area contributed by atoms with Crippen LogP contribution >= 0.6 is 0 Å². The number of hydrogen-bond donors (Lipinski definition) is 0. The summed E-state index contributed by atoms with van der Waals surface area (Å²) in [5, 5.41) is 0. The molecule has 0 amide bonds. The van der Waals surface area contributed by atoms with E-state index in [4.69, 9.17) is 0 Å². The summed E-state index contributed by atoms with van der Waals surface area (Å²) < 4.78 is 0. The van der Waals surface area contributed by atoms with E-state index in [0.717, 1.165) is 5.92 Å². The second-order valence-electron chi connectivity index (χ2n) is 8.82. The van der Waals surface area contributed by atoms with Crippen molar-refractivity contribution in [3.05, 3.63) is 0 Å². The summed E-state index contributed by atoms with van der Waals surface area (Å²) in [6, 6.07) is 0. The average Bonchev–Trinajstić information content (AvgIpc) is 2.71. The summed E-state index contributed by atoms with van der Waals surface area (Å²) in [5.74, 6) is 0.955. The molecular formula is C18H36N2. The van der Waals surface area contributed by atoms with Gasteiger partial charge in [0, 0.05) is 6.54 Å². The van der Waals surface area contributed by atoms with Crippen LogP contribution in [0.5, 0.6) is 0 Å². The van der Waals surface area contributed by atoms with Crippen LogP contribution < -0.4 is 0 Å². The van der Waals surface area contributed by atoms with E-state index >= 15 is 0 Å². The molecule has 2 fully saturated rings. The van der Waals surface area contributed by atoms with Crippen molar-refractivity contribution in [2.45, 2.75) is 59.3 Å². The fourth-order valence-electron chi connectivity index (χ4n) is 4.33. The van der Waals surface area contributed by atoms with Crippen molar-refractivity contribution >= 4 is 0 Å². The largest absolute Gasteiger partial charge is 0.309 e.